The average Bonchev–Trinajstić information content (AvgIpc) is 2.24. The molecule has 0 aliphatic rings. The van der Waals surface area contributed by atoms with Crippen LogP contribution in [0.25, 0.3) is 0 Å². The average molecular weight is 244 g/mol. The molecule has 2 unspecified atom stereocenters. The van der Waals surface area contributed by atoms with Crippen LogP contribution in [0.3, 0.4) is 0 Å². The van der Waals surface area contributed by atoms with Crippen LogP contribution in [0.1, 0.15) is 12.5 Å². The van der Waals surface area contributed by atoms with Crippen molar-refractivity contribution in [1.29, 1.82) is 5.26 Å². The summed E-state index contributed by atoms with van der Waals surface area (Å²) in [6, 6.07) is 6.25. The lowest BCUT2D eigenvalue weighted by Crippen LogP contribution is -2.47. The summed E-state index contributed by atoms with van der Waals surface area (Å²) in [5, 5.41) is 8.73. The van der Waals surface area contributed by atoms with Gasteiger partial charge in [0.2, 0.25) is 6.10 Å². The fourth-order valence-corrected chi connectivity index (χ4v) is 1.27. The van der Waals surface area contributed by atoms with Crippen molar-refractivity contribution in [2.45, 2.75) is 25.2 Å². The minimum Gasteiger partial charge on any atom is -0.478 e. The van der Waals surface area contributed by atoms with Crippen LogP contribution in [0, 0.1) is 11.3 Å². The van der Waals surface area contributed by atoms with E-state index in [9.17, 15) is 13.2 Å². The van der Waals surface area contributed by atoms with E-state index in [2.05, 4.69) is 0 Å². The molecule has 0 bridgehead atoms. The first-order valence-corrected chi connectivity index (χ1v) is 4.84. The van der Waals surface area contributed by atoms with E-state index in [1.807, 2.05) is 0 Å². The van der Waals surface area contributed by atoms with Gasteiger partial charge in [0, 0.05) is 6.04 Å². The zero-order valence-corrected chi connectivity index (χ0v) is 9.03. The smallest absolute Gasteiger partial charge is 0.426 e. The van der Waals surface area contributed by atoms with Gasteiger partial charge in [-0.3, -0.25) is 0 Å². The van der Waals surface area contributed by atoms with Crippen molar-refractivity contribution in [3.63, 3.8) is 0 Å². The molecule has 0 amide bonds. The van der Waals surface area contributed by atoms with Crippen molar-refractivity contribution >= 4 is 0 Å². The first kappa shape index (κ1) is 13.3. The summed E-state index contributed by atoms with van der Waals surface area (Å²) >= 11 is 0. The molecular weight excluding hydrogens is 233 g/mol. The van der Waals surface area contributed by atoms with Gasteiger partial charge in [-0.05, 0) is 19.1 Å². The molecule has 3 nitrogen and oxygen atoms in total. The number of hydrogen-bond acceptors (Lipinski definition) is 3. The van der Waals surface area contributed by atoms with Crippen molar-refractivity contribution in [3.05, 3.63) is 29.8 Å². The predicted octanol–water partition coefficient (Wildman–Crippen LogP) is 2.22. The first-order chi connectivity index (χ1) is 7.86. The molecular formula is C11H11F3N2O. The maximum absolute atomic E-state index is 12.6. The molecule has 2 N–H and O–H groups in total. The molecule has 17 heavy (non-hydrogen) atoms. The van der Waals surface area contributed by atoms with Crippen LogP contribution in [0.2, 0.25) is 0 Å². The van der Waals surface area contributed by atoms with Gasteiger partial charge >= 0.3 is 6.18 Å². The lowest BCUT2D eigenvalue weighted by atomic mass is 10.1. The number of halogens is 3. The fraction of sp³-hybridized carbons (Fsp3) is 0.364. The molecule has 0 aliphatic heterocycles. The van der Waals surface area contributed by atoms with Crippen LogP contribution < -0.4 is 10.5 Å². The van der Waals surface area contributed by atoms with E-state index < -0.39 is 18.3 Å². The van der Waals surface area contributed by atoms with E-state index in [1.165, 1.54) is 25.1 Å². The number of nitriles is 1. The highest BCUT2D eigenvalue weighted by Crippen LogP contribution is 2.28. The largest absolute Gasteiger partial charge is 0.478 e. The number of hydrogen-bond donors (Lipinski definition) is 1. The van der Waals surface area contributed by atoms with Crippen LogP contribution in [0.4, 0.5) is 13.2 Å². The molecule has 92 valence electrons. The number of ether oxygens (including phenoxy) is 1. The molecule has 0 fully saturated rings. The van der Waals surface area contributed by atoms with Crippen molar-refractivity contribution in [2.75, 3.05) is 0 Å². The number of nitrogens with two attached hydrogens (primary N) is 1. The van der Waals surface area contributed by atoms with E-state index in [1.54, 1.807) is 12.1 Å². The van der Waals surface area contributed by atoms with Crippen molar-refractivity contribution in [2.24, 2.45) is 5.73 Å². The molecule has 0 aliphatic carbocycles. The zero-order chi connectivity index (χ0) is 13.1. The second kappa shape index (κ2) is 5.06. The van der Waals surface area contributed by atoms with Gasteiger partial charge in [-0.25, -0.2) is 0 Å². The Bertz CT molecular complexity index is 423. The van der Waals surface area contributed by atoms with Crippen LogP contribution in [0.15, 0.2) is 24.3 Å². The van der Waals surface area contributed by atoms with Gasteiger partial charge in [0.15, 0.2) is 0 Å². The predicted molar refractivity (Wildman–Crippen MR) is 55.3 cm³/mol. The molecule has 2 atom stereocenters. The Morgan fingerprint density at radius 1 is 1.35 bits per heavy atom. The highest BCUT2D eigenvalue weighted by atomic mass is 19.4. The summed E-state index contributed by atoms with van der Waals surface area (Å²) in [7, 11) is 0. The minimum absolute atomic E-state index is 0.0439. The third-order valence-corrected chi connectivity index (χ3v) is 2.06. The Kier molecular flexibility index (Phi) is 3.97. The lowest BCUT2D eigenvalue weighted by molar-refractivity contribution is -0.199. The molecule has 1 rings (SSSR count). The minimum atomic E-state index is -4.57. The molecule has 1 aromatic rings. The quantitative estimate of drug-likeness (QED) is 0.886. The van der Waals surface area contributed by atoms with Crippen LogP contribution in [0.5, 0.6) is 5.75 Å². The van der Waals surface area contributed by atoms with Gasteiger partial charge in [-0.2, -0.15) is 18.4 Å². The highest BCUT2D eigenvalue weighted by Gasteiger charge is 2.44. The van der Waals surface area contributed by atoms with Crippen molar-refractivity contribution in [3.8, 4) is 11.8 Å². The Morgan fingerprint density at radius 2 is 1.94 bits per heavy atom. The second-order valence-corrected chi connectivity index (χ2v) is 3.55. The van der Waals surface area contributed by atoms with Gasteiger partial charge in [0.25, 0.3) is 0 Å². The molecule has 0 aromatic heterocycles. The number of benzene rings is 1. The Morgan fingerprint density at radius 3 is 2.41 bits per heavy atom. The molecule has 0 radical (unpaired) electrons. The maximum Gasteiger partial charge on any atom is 0.426 e. The van der Waals surface area contributed by atoms with Crippen LogP contribution >= 0.6 is 0 Å². The number of para-hydroxylation sites is 1. The maximum atomic E-state index is 12.6. The molecule has 0 saturated heterocycles. The number of alkyl halides is 3. The second-order valence-electron chi connectivity index (χ2n) is 3.55. The van der Waals surface area contributed by atoms with E-state index >= 15 is 0 Å². The van der Waals surface area contributed by atoms with Crippen LogP contribution in [-0.4, -0.2) is 18.3 Å². The monoisotopic (exact) mass is 244 g/mol. The van der Waals surface area contributed by atoms with E-state index in [4.69, 9.17) is 15.7 Å². The summed E-state index contributed by atoms with van der Waals surface area (Å²) in [4.78, 5) is 0. The van der Waals surface area contributed by atoms with Crippen LogP contribution in [-0.2, 0) is 0 Å². The summed E-state index contributed by atoms with van der Waals surface area (Å²) in [6.45, 7) is 1.20. The topological polar surface area (TPSA) is 59.0 Å². The highest BCUT2D eigenvalue weighted by molar-refractivity contribution is 5.42. The standard InChI is InChI=1S/C11H11F3N2O/c1-7(16)10(11(12,13)14)17-9-5-3-2-4-8(9)6-15/h2-5,7,10H,16H2,1H3. The summed E-state index contributed by atoms with van der Waals surface area (Å²) in [6.07, 6.45) is -6.70. The third kappa shape index (κ3) is 3.36. The molecule has 0 heterocycles. The molecule has 6 heteroatoms. The number of rotatable bonds is 3. The first-order valence-electron chi connectivity index (χ1n) is 4.84. The SMILES string of the molecule is CC(N)C(Oc1ccccc1C#N)C(F)(F)F. The number of nitrogens with zero attached hydrogens (tertiary/aromatic N) is 1. The van der Waals surface area contributed by atoms with Gasteiger partial charge in [0.05, 0.1) is 5.56 Å². The Balaban J connectivity index is 2.99. The fourth-order valence-electron chi connectivity index (χ4n) is 1.27. The summed E-state index contributed by atoms with van der Waals surface area (Å²) in [5.74, 6) is -0.116. The van der Waals surface area contributed by atoms with E-state index in [0.29, 0.717) is 0 Å². The summed E-state index contributed by atoms with van der Waals surface area (Å²) in [5.41, 5.74) is 5.28. The Labute approximate surface area is 96.6 Å². The Hall–Kier alpha value is -1.74. The van der Waals surface area contributed by atoms with E-state index in [-0.39, 0.29) is 11.3 Å². The lowest BCUT2D eigenvalue weighted by Gasteiger charge is -2.25. The molecule has 0 spiro atoms. The zero-order valence-electron chi connectivity index (χ0n) is 9.03. The van der Waals surface area contributed by atoms with Crippen molar-refractivity contribution < 1.29 is 17.9 Å². The third-order valence-electron chi connectivity index (χ3n) is 2.06. The molecule has 0 saturated carbocycles. The van der Waals surface area contributed by atoms with E-state index in [0.717, 1.165) is 0 Å². The van der Waals surface area contributed by atoms with Gasteiger partial charge in [-0.1, -0.05) is 12.1 Å². The van der Waals surface area contributed by atoms with Crippen molar-refractivity contribution in [1.82, 2.24) is 0 Å². The van der Waals surface area contributed by atoms with Gasteiger partial charge in [0.1, 0.15) is 11.8 Å². The van der Waals surface area contributed by atoms with Gasteiger partial charge in [-0.15, -0.1) is 0 Å². The van der Waals surface area contributed by atoms with Gasteiger partial charge < -0.3 is 10.5 Å². The molecule has 1 aromatic carbocycles. The summed E-state index contributed by atoms with van der Waals surface area (Å²) < 4.78 is 42.6. The normalized spacial score (nSPS) is 14.8.